The summed E-state index contributed by atoms with van der Waals surface area (Å²) in [4.78, 5) is 8.41. The number of hydrogen-bond acceptors (Lipinski definition) is 6. The monoisotopic (exact) mass is 310 g/mol. The van der Waals surface area contributed by atoms with Crippen molar-refractivity contribution in [1.82, 2.24) is 20.4 Å². The van der Waals surface area contributed by atoms with E-state index < -0.39 is 0 Å². The molecule has 0 bridgehead atoms. The predicted octanol–water partition coefficient (Wildman–Crippen LogP) is 1.55. The summed E-state index contributed by atoms with van der Waals surface area (Å²) in [5.74, 6) is 1.02. The van der Waals surface area contributed by atoms with Crippen LogP contribution in [-0.4, -0.2) is 34.8 Å². The zero-order chi connectivity index (χ0) is 12.4. The zero-order valence-corrected chi connectivity index (χ0v) is 11.1. The number of morpholine rings is 1. The molecular weight excluding hydrogens is 300 g/mol. The van der Waals surface area contributed by atoms with Crippen molar-refractivity contribution in [3.63, 3.8) is 0 Å². The molecule has 0 saturated carbocycles. The Hall–Kier alpha value is -1.31. The van der Waals surface area contributed by atoms with Gasteiger partial charge in [0.2, 0.25) is 5.82 Å². The predicted molar refractivity (Wildman–Crippen MR) is 66.8 cm³/mol. The van der Waals surface area contributed by atoms with Gasteiger partial charge in [-0.3, -0.25) is 4.98 Å². The maximum Gasteiger partial charge on any atom is 0.257 e. The standard InChI is InChI=1S/C11H11BrN4O2/c12-8-3-7(4-14-5-8)10-15-11(18-16-10)9-6-13-1-2-17-9/h3-5,9,13H,1-2,6H2. The quantitative estimate of drug-likeness (QED) is 0.907. The first-order chi connectivity index (χ1) is 8.83. The number of nitrogens with one attached hydrogen (secondary N) is 1. The van der Waals surface area contributed by atoms with Crippen LogP contribution in [0.5, 0.6) is 0 Å². The van der Waals surface area contributed by atoms with Crippen LogP contribution in [0.1, 0.15) is 12.0 Å². The molecular formula is C11H11BrN4O2. The molecule has 0 amide bonds. The van der Waals surface area contributed by atoms with Crippen LogP contribution in [-0.2, 0) is 4.74 Å². The molecule has 1 unspecified atom stereocenters. The molecule has 0 aromatic carbocycles. The van der Waals surface area contributed by atoms with Gasteiger partial charge in [-0.1, -0.05) is 5.16 Å². The number of nitrogens with zero attached hydrogens (tertiary/aromatic N) is 3. The molecule has 2 aromatic heterocycles. The van der Waals surface area contributed by atoms with Crippen molar-refractivity contribution in [2.24, 2.45) is 0 Å². The van der Waals surface area contributed by atoms with E-state index in [-0.39, 0.29) is 6.10 Å². The van der Waals surface area contributed by atoms with E-state index in [4.69, 9.17) is 9.26 Å². The molecule has 18 heavy (non-hydrogen) atoms. The molecule has 1 N–H and O–H groups in total. The molecule has 1 fully saturated rings. The third-order valence-corrected chi connectivity index (χ3v) is 3.04. The topological polar surface area (TPSA) is 73.1 Å². The van der Waals surface area contributed by atoms with Crippen LogP contribution < -0.4 is 5.32 Å². The Labute approximate surface area is 112 Å². The van der Waals surface area contributed by atoms with Gasteiger partial charge in [-0.15, -0.1) is 0 Å². The van der Waals surface area contributed by atoms with Gasteiger partial charge in [0.05, 0.1) is 6.61 Å². The highest BCUT2D eigenvalue weighted by Gasteiger charge is 2.22. The molecule has 1 aliphatic heterocycles. The Morgan fingerprint density at radius 3 is 3.11 bits per heavy atom. The number of hydrogen-bond donors (Lipinski definition) is 1. The Morgan fingerprint density at radius 1 is 1.39 bits per heavy atom. The Balaban J connectivity index is 1.84. The molecule has 6 nitrogen and oxygen atoms in total. The van der Waals surface area contributed by atoms with E-state index in [9.17, 15) is 0 Å². The minimum Gasteiger partial charge on any atom is -0.366 e. The summed E-state index contributed by atoms with van der Waals surface area (Å²) in [5.41, 5.74) is 0.808. The molecule has 0 spiro atoms. The van der Waals surface area contributed by atoms with Gasteiger partial charge in [0.15, 0.2) is 0 Å². The van der Waals surface area contributed by atoms with Crippen LogP contribution in [0.15, 0.2) is 27.5 Å². The summed E-state index contributed by atoms with van der Waals surface area (Å²) < 4.78 is 11.7. The maximum atomic E-state index is 5.55. The molecule has 1 saturated heterocycles. The molecule has 3 rings (SSSR count). The molecule has 3 heterocycles. The van der Waals surface area contributed by atoms with Gasteiger partial charge in [0, 0.05) is 35.5 Å². The fourth-order valence-electron chi connectivity index (χ4n) is 1.74. The number of aromatic nitrogens is 3. The van der Waals surface area contributed by atoms with Gasteiger partial charge in [0.1, 0.15) is 6.10 Å². The third kappa shape index (κ3) is 2.43. The number of ether oxygens (including phenoxy) is 1. The van der Waals surface area contributed by atoms with Crippen molar-refractivity contribution < 1.29 is 9.26 Å². The van der Waals surface area contributed by atoms with E-state index in [1.165, 1.54) is 0 Å². The second-order valence-corrected chi connectivity index (χ2v) is 4.83. The molecule has 2 aromatic rings. The highest BCUT2D eigenvalue weighted by Crippen LogP contribution is 2.22. The highest BCUT2D eigenvalue weighted by atomic mass is 79.9. The van der Waals surface area contributed by atoms with Crippen molar-refractivity contribution in [3.8, 4) is 11.4 Å². The molecule has 1 aliphatic rings. The lowest BCUT2D eigenvalue weighted by Crippen LogP contribution is -2.33. The SMILES string of the molecule is Brc1cncc(-c2noc(C3CNCCO3)n2)c1. The average Bonchev–Trinajstić information content (AvgIpc) is 2.89. The summed E-state index contributed by atoms with van der Waals surface area (Å²) >= 11 is 3.36. The van der Waals surface area contributed by atoms with Crippen LogP contribution in [0.2, 0.25) is 0 Å². The van der Waals surface area contributed by atoms with E-state index in [0.717, 1.165) is 16.6 Å². The van der Waals surface area contributed by atoms with Crippen LogP contribution in [0.3, 0.4) is 0 Å². The van der Waals surface area contributed by atoms with Gasteiger partial charge in [-0.2, -0.15) is 4.98 Å². The normalized spacial score (nSPS) is 19.9. The van der Waals surface area contributed by atoms with Crippen molar-refractivity contribution in [3.05, 3.63) is 28.8 Å². The lowest BCUT2D eigenvalue weighted by Gasteiger charge is -2.19. The summed E-state index contributed by atoms with van der Waals surface area (Å²) in [6, 6.07) is 1.89. The van der Waals surface area contributed by atoms with Gasteiger partial charge >= 0.3 is 0 Å². The van der Waals surface area contributed by atoms with Crippen molar-refractivity contribution in [2.45, 2.75) is 6.10 Å². The summed E-state index contributed by atoms with van der Waals surface area (Å²) in [6.07, 6.45) is 3.23. The summed E-state index contributed by atoms with van der Waals surface area (Å²) in [6.45, 7) is 2.20. The third-order valence-electron chi connectivity index (χ3n) is 2.61. The first kappa shape index (κ1) is 11.8. The molecule has 7 heteroatoms. The van der Waals surface area contributed by atoms with Crippen molar-refractivity contribution in [1.29, 1.82) is 0 Å². The first-order valence-electron chi connectivity index (χ1n) is 5.60. The van der Waals surface area contributed by atoms with Gasteiger partial charge < -0.3 is 14.6 Å². The molecule has 94 valence electrons. The van der Waals surface area contributed by atoms with Gasteiger partial charge in [0.25, 0.3) is 5.89 Å². The molecule has 0 aliphatic carbocycles. The van der Waals surface area contributed by atoms with E-state index in [0.29, 0.717) is 24.9 Å². The minimum absolute atomic E-state index is 0.167. The van der Waals surface area contributed by atoms with Crippen LogP contribution >= 0.6 is 15.9 Å². The largest absolute Gasteiger partial charge is 0.366 e. The van der Waals surface area contributed by atoms with E-state index in [1.807, 2.05) is 6.07 Å². The number of halogens is 1. The Bertz CT molecular complexity index is 539. The zero-order valence-electron chi connectivity index (χ0n) is 9.47. The first-order valence-corrected chi connectivity index (χ1v) is 6.39. The fraction of sp³-hybridized carbons (Fsp3) is 0.364. The van der Waals surface area contributed by atoms with E-state index >= 15 is 0 Å². The van der Waals surface area contributed by atoms with E-state index in [2.05, 4.69) is 36.4 Å². The van der Waals surface area contributed by atoms with Crippen LogP contribution in [0, 0.1) is 0 Å². The second-order valence-electron chi connectivity index (χ2n) is 3.91. The van der Waals surface area contributed by atoms with Gasteiger partial charge in [-0.25, -0.2) is 0 Å². The Kier molecular flexibility index (Phi) is 3.35. The minimum atomic E-state index is -0.167. The second kappa shape index (κ2) is 5.13. The Morgan fingerprint density at radius 2 is 2.33 bits per heavy atom. The maximum absolute atomic E-state index is 5.55. The lowest BCUT2D eigenvalue weighted by molar-refractivity contribution is 0.00755. The van der Waals surface area contributed by atoms with E-state index in [1.54, 1.807) is 12.4 Å². The summed E-state index contributed by atoms with van der Waals surface area (Å²) in [7, 11) is 0. The van der Waals surface area contributed by atoms with Gasteiger partial charge in [-0.05, 0) is 22.0 Å². The summed E-state index contributed by atoms with van der Waals surface area (Å²) in [5, 5.41) is 7.17. The highest BCUT2D eigenvalue weighted by molar-refractivity contribution is 9.10. The van der Waals surface area contributed by atoms with Crippen LogP contribution in [0.4, 0.5) is 0 Å². The number of pyridine rings is 1. The van der Waals surface area contributed by atoms with Crippen LogP contribution in [0.25, 0.3) is 11.4 Å². The average molecular weight is 311 g/mol. The smallest absolute Gasteiger partial charge is 0.257 e. The number of rotatable bonds is 2. The molecule has 0 radical (unpaired) electrons. The van der Waals surface area contributed by atoms with Crippen molar-refractivity contribution >= 4 is 15.9 Å². The van der Waals surface area contributed by atoms with Crippen molar-refractivity contribution in [2.75, 3.05) is 19.7 Å². The lowest BCUT2D eigenvalue weighted by atomic mass is 10.2. The molecule has 1 atom stereocenters. The fourth-order valence-corrected chi connectivity index (χ4v) is 2.11.